The average Bonchev–Trinajstić information content (AvgIpc) is 3.07. The second kappa shape index (κ2) is 9.19. The maximum Gasteiger partial charge on any atom is 0.435 e. The van der Waals surface area contributed by atoms with Crippen molar-refractivity contribution >= 4 is 35.1 Å². The Hall–Kier alpha value is -4.23. The predicted molar refractivity (Wildman–Crippen MR) is 120 cm³/mol. The fourth-order valence-electron chi connectivity index (χ4n) is 2.87. The minimum Gasteiger partial charge on any atom is -0.442 e. The number of rotatable bonds is 5. The van der Waals surface area contributed by atoms with Crippen molar-refractivity contribution in [2.45, 2.75) is 46.4 Å². The molecule has 0 saturated carbocycles. The van der Waals surface area contributed by atoms with Gasteiger partial charge in [-0.1, -0.05) is 6.07 Å². The van der Waals surface area contributed by atoms with Gasteiger partial charge in [0.2, 0.25) is 5.95 Å². The highest BCUT2D eigenvalue weighted by atomic mass is 19.4. The van der Waals surface area contributed by atoms with Crippen LogP contribution in [0, 0.1) is 24.0 Å². The van der Waals surface area contributed by atoms with Crippen molar-refractivity contribution < 1.29 is 27.6 Å². The summed E-state index contributed by atoms with van der Waals surface area (Å²) in [5.74, 6) is -0.964. The zero-order valence-corrected chi connectivity index (χ0v) is 19.4. The monoisotopic (exact) mass is 493 g/mol. The molecule has 2 aromatic heterocycles. The predicted octanol–water partition coefficient (Wildman–Crippen LogP) is 5.49. The molecule has 14 heteroatoms. The lowest BCUT2D eigenvalue weighted by atomic mass is 10.2. The molecule has 3 aromatic rings. The van der Waals surface area contributed by atoms with Crippen LogP contribution in [0.3, 0.4) is 0 Å². The molecule has 0 unspecified atom stereocenters. The summed E-state index contributed by atoms with van der Waals surface area (Å²) in [6.45, 7) is 8.18. The third-order valence-electron chi connectivity index (χ3n) is 4.47. The van der Waals surface area contributed by atoms with Gasteiger partial charge >= 0.3 is 12.3 Å². The first-order chi connectivity index (χ1) is 16.1. The molecule has 186 valence electrons. The molecule has 2 heterocycles. The molecule has 0 amide bonds. The molecule has 1 aromatic carbocycles. The number of carbonyl (C=O) groups excluding carboxylic acids is 1. The smallest absolute Gasteiger partial charge is 0.435 e. The highest BCUT2D eigenvalue weighted by Gasteiger charge is 2.36. The molecule has 0 aliphatic heterocycles. The first-order valence-corrected chi connectivity index (χ1v) is 10.2. The largest absolute Gasteiger partial charge is 0.442 e. The molecule has 0 spiro atoms. The van der Waals surface area contributed by atoms with Crippen LogP contribution in [0.4, 0.5) is 46.9 Å². The molecule has 0 aliphatic rings. The normalized spacial score (nSPS) is 11.8. The van der Waals surface area contributed by atoms with Gasteiger partial charge in [-0.15, -0.1) is 5.10 Å². The van der Waals surface area contributed by atoms with Gasteiger partial charge < -0.3 is 15.4 Å². The maximum atomic E-state index is 13.6. The van der Waals surface area contributed by atoms with Crippen molar-refractivity contribution in [2.75, 3.05) is 10.6 Å². The van der Waals surface area contributed by atoms with E-state index in [0.717, 1.165) is 4.68 Å². The number of non-ortho nitro benzene ring substituents is 1. The molecular formula is C21H22F3N7O4. The van der Waals surface area contributed by atoms with E-state index in [1.807, 2.05) is 0 Å². The number of ether oxygens (including phenoxy) is 1. The zero-order valence-electron chi connectivity index (χ0n) is 19.4. The molecule has 0 saturated heterocycles. The minimum absolute atomic E-state index is 0.0879. The van der Waals surface area contributed by atoms with Crippen LogP contribution in [-0.4, -0.2) is 36.4 Å². The number of aryl methyl sites for hydroxylation is 2. The van der Waals surface area contributed by atoms with Crippen molar-refractivity contribution in [3.63, 3.8) is 0 Å². The summed E-state index contributed by atoms with van der Waals surface area (Å²) in [6, 6.07) is 5.35. The van der Waals surface area contributed by atoms with Crippen molar-refractivity contribution in [1.82, 2.24) is 19.7 Å². The molecule has 0 radical (unpaired) electrons. The summed E-state index contributed by atoms with van der Waals surface area (Å²) in [5, 5.41) is 20.2. The Kier molecular flexibility index (Phi) is 6.67. The average molecular weight is 493 g/mol. The van der Waals surface area contributed by atoms with E-state index in [0.29, 0.717) is 17.5 Å². The summed E-state index contributed by atoms with van der Waals surface area (Å²) in [7, 11) is 0. The Bertz CT molecular complexity index is 1280. The molecular weight excluding hydrogens is 471 g/mol. The lowest BCUT2D eigenvalue weighted by Gasteiger charge is -2.19. The Morgan fingerprint density at radius 1 is 1.14 bits per heavy atom. The number of nitro groups is 1. The van der Waals surface area contributed by atoms with Crippen molar-refractivity contribution in [3.8, 4) is 0 Å². The van der Waals surface area contributed by atoms with Crippen LogP contribution in [0.25, 0.3) is 0 Å². The van der Waals surface area contributed by atoms with E-state index in [9.17, 15) is 28.1 Å². The Labute approximate surface area is 197 Å². The molecule has 0 aliphatic carbocycles. The Balaban J connectivity index is 1.96. The number of benzene rings is 1. The molecule has 11 nitrogen and oxygen atoms in total. The number of nitrogens with one attached hydrogen (secondary N) is 2. The fourth-order valence-corrected chi connectivity index (χ4v) is 2.87. The molecule has 2 N–H and O–H groups in total. The molecule has 0 bridgehead atoms. The van der Waals surface area contributed by atoms with E-state index in [-0.39, 0.29) is 23.1 Å². The van der Waals surface area contributed by atoms with Crippen LogP contribution in [0.2, 0.25) is 0 Å². The third-order valence-corrected chi connectivity index (χ3v) is 4.47. The summed E-state index contributed by atoms with van der Waals surface area (Å²) < 4.78 is 46.9. The number of carbonyl (C=O) groups is 1. The van der Waals surface area contributed by atoms with Gasteiger partial charge in [0, 0.05) is 30.1 Å². The van der Waals surface area contributed by atoms with Gasteiger partial charge in [0.25, 0.3) is 5.69 Å². The van der Waals surface area contributed by atoms with Crippen LogP contribution < -0.4 is 10.6 Å². The standard InChI is InChI=1S/C21H22F3N7O4/c1-11-6-7-13(31(33)34)9-15(11)26-18-25-10-14(21(22,23)24)17(28-18)27-16-8-12(2)30(29-16)19(32)35-20(3,4)5/h6-10H,1-5H3,(H2,25,26,27,28,29). The number of nitrogens with zero attached hydrogens (tertiary/aromatic N) is 5. The van der Waals surface area contributed by atoms with Crippen molar-refractivity contribution in [3.05, 3.63) is 57.4 Å². The Morgan fingerprint density at radius 3 is 2.43 bits per heavy atom. The molecule has 3 rings (SSSR count). The van der Waals surface area contributed by atoms with Crippen molar-refractivity contribution in [1.29, 1.82) is 0 Å². The number of anilines is 4. The summed E-state index contributed by atoms with van der Waals surface area (Å²) in [6.07, 6.45) is -5.03. The molecule has 35 heavy (non-hydrogen) atoms. The maximum absolute atomic E-state index is 13.6. The lowest BCUT2D eigenvalue weighted by Crippen LogP contribution is -2.28. The van der Waals surface area contributed by atoms with Gasteiger partial charge in [0.1, 0.15) is 17.0 Å². The second-order valence-electron chi connectivity index (χ2n) is 8.52. The number of halogens is 3. The first kappa shape index (κ1) is 25.4. The van der Waals surface area contributed by atoms with Gasteiger partial charge in [0.15, 0.2) is 5.82 Å². The summed E-state index contributed by atoms with van der Waals surface area (Å²) in [5.41, 5.74) is -1.05. The fraction of sp³-hybridized carbons (Fsp3) is 0.333. The Morgan fingerprint density at radius 2 is 1.83 bits per heavy atom. The lowest BCUT2D eigenvalue weighted by molar-refractivity contribution is -0.384. The van der Waals surface area contributed by atoms with Gasteiger partial charge in [-0.05, 0) is 40.2 Å². The van der Waals surface area contributed by atoms with E-state index in [2.05, 4.69) is 25.7 Å². The van der Waals surface area contributed by atoms with E-state index in [4.69, 9.17) is 4.74 Å². The molecule has 0 atom stereocenters. The SMILES string of the molecule is Cc1ccc([N+](=O)[O-])cc1Nc1ncc(C(F)(F)F)c(Nc2cc(C)n(C(=O)OC(C)(C)C)n2)n1. The van der Waals surface area contributed by atoms with Crippen LogP contribution in [0.15, 0.2) is 30.5 Å². The summed E-state index contributed by atoms with van der Waals surface area (Å²) in [4.78, 5) is 30.4. The van der Waals surface area contributed by atoms with Crippen molar-refractivity contribution in [2.24, 2.45) is 0 Å². The van der Waals surface area contributed by atoms with E-state index in [1.54, 1.807) is 27.7 Å². The van der Waals surface area contributed by atoms with Crippen LogP contribution in [0.5, 0.6) is 0 Å². The summed E-state index contributed by atoms with van der Waals surface area (Å²) >= 11 is 0. The molecule has 0 fully saturated rings. The number of hydrogen-bond acceptors (Lipinski definition) is 9. The highest BCUT2D eigenvalue weighted by molar-refractivity contribution is 5.72. The number of hydrogen-bond donors (Lipinski definition) is 2. The van der Waals surface area contributed by atoms with Gasteiger partial charge in [-0.2, -0.15) is 22.8 Å². The zero-order chi connectivity index (χ0) is 26.1. The van der Waals surface area contributed by atoms with E-state index < -0.39 is 34.2 Å². The van der Waals surface area contributed by atoms with Gasteiger partial charge in [-0.25, -0.2) is 9.78 Å². The van der Waals surface area contributed by atoms with E-state index >= 15 is 0 Å². The first-order valence-electron chi connectivity index (χ1n) is 10.2. The highest BCUT2D eigenvalue weighted by Crippen LogP contribution is 2.35. The number of nitro benzene ring substituents is 1. The van der Waals surface area contributed by atoms with Crippen LogP contribution in [-0.2, 0) is 10.9 Å². The van der Waals surface area contributed by atoms with Crippen LogP contribution >= 0.6 is 0 Å². The number of aromatic nitrogens is 4. The van der Waals surface area contributed by atoms with Gasteiger partial charge in [-0.3, -0.25) is 10.1 Å². The number of alkyl halides is 3. The minimum atomic E-state index is -4.80. The van der Waals surface area contributed by atoms with Crippen LogP contribution in [0.1, 0.15) is 37.6 Å². The van der Waals surface area contributed by atoms with E-state index in [1.165, 1.54) is 31.2 Å². The van der Waals surface area contributed by atoms with Gasteiger partial charge in [0.05, 0.1) is 10.6 Å². The quantitative estimate of drug-likeness (QED) is 0.349. The second-order valence-corrected chi connectivity index (χ2v) is 8.52. The third kappa shape index (κ3) is 6.22. The topological polar surface area (TPSA) is 137 Å².